The lowest BCUT2D eigenvalue weighted by molar-refractivity contribution is -0.132. The number of carboxylic acid groups (broad SMARTS) is 1. The fourth-order valence-corrected chi connectivity index (χ4v) is 2.17. The van der Waals surface area contributed by atoms with Gasteiger partial charge in [0.25, 0.3) is 0 Å². The van der Waals surface area contributed by atoms with Crippen LogP contribution in [0.2, 0.25) is 5.02 Å². The van der Waals surface area contributed by atoms with Crippen molar-refractivity contribution in [2.45, 2.75) is 13.3 Å². The van der Waals surface area contributed by atoms with Crippen molar-refractivity contribution in [3.8, 4) is 17.4 Å². The predicted molar refractivity (Wildman–Crippen MR) is 79.6 cm³/mol. The third kappa shape index (κ3) is 3.15. The number of carboxylic acids is 1. The Morgan fingerprint density at radius 3 is 2.71 bits per heavy atom. The highest BCUT2D eigenvalue weighted by Gasteiger charge is 2.17. The van der Waals surface area contributed by atoms with Crippen LogP contribution in [0.4, 0.5) is 0 Å². The van der Waals surface area contributed by atoms with Gasteiger partial charge in [-0.2, -0.15) is 5.26 Å². The number of rotatable bonds is 4. The Morgan fingerprint density at radius 2 is 2.14 bits per heavy atom. The summed E-state index contributed by atoms with van der Waals surface area (Å²) in [5.41, 5.74) is 0.835. The first kappa shape index (κ1) is 14.9. The highest BCUT2D eigenvalue weighted by Crippen LogP contribution is 2.29. The van der Waals surface area contributed by atoms with E-state index < -0.39 is 5.97 Å². The zero-order chi connectivity index (χ0) is 15.4. The van der Waals surface area contributed by atoms with Crippen LogP contribution in [0.25, 0.3) is 16.9 Å². The van der Waals surface area contributed by atoms with Gasteiger partial charge in [0.05, 0.1) is 5.57 Å². The summed E-state index contributed by atoms with van der Waals surface area (Å²) < 4.78 is 5.61. The number of hydrogen-bond acceptors (Lipinski definition) is 3. The zero-order valence-corrected chi connectivity index (χ0v) is 12.0. The van der Waals surface area contributed by atoms with Crippen LogP contribution in [0.1, 0.15) is 19.1 Å². The van der Waals surface area contributed by atoms with Gasteiger partial charge in [0, 0.05) is 10.6 Å². The maximum absolute atomic E-state index is 11.2. The van der Waals surface area contributed by atoms with Crippen molar-refractivity contribution < 1.29 is 14.3 Å². The van der Waals surface area contributed by atoms with E-state index in [9.17, 15) is 10.1 Å². The average Bonchev–Trinajstić information content (AvgIpc) is 2.93. The Bertz CT molecular complexity index is 753. The number of furan rings is 1. The topological polar surface area (TPSA) is 74.2 Å². The summed E-state index contributed by atoms with van der Waals surface area (Å²) in [5, 5.41) is 18.9. The van der Waals surface area contributed by atoms with Crippen molar-refractivity contribution in [1.82, 2.24) is 0 Å². The molecule has 1 aromatic carbocycles. The Morgan fingerprint density at radius 1 is 1.38 bits per heavy atom. The van der Waals surface area contributed by atoms with E-state index in [1.807, 2.05) is 12.1 Å². The largest absolute Gasteiger partial charge is 0.478 e. The normalized spacial score (nSPS) is 11.7. The van der Waals surface area contributed by atoms with Crippen LogP contribution < -0.4 is 0 Å². The average molecular weight is 302 g/mol. The van der Waals surface area contributed by atoms with E-state index in [4.69, 9.17) is 21.1 Å². The molecule has 2 aromatic rings. The Hall–Kier alpha value is -2.51. The van der Waals surface area contributed by atoms with E-state index in [0.717, 1.165) is 5.56 Å². The molecule has 1 N–H and O–H groups in total. The van der Waals surface area contributed by atoms with Crippen molar-refractivity contribution in [3.05, 3.63) is 52.8 Å². The molecule has 0 aliphatic carbocycles. The summed E-state index contributed by atoms with van der Waals surface area (Å²) in [6.45, 7) is 1.68. The number of carbonyl (C=O) groups is 1. The first-order chi connectivity index (χ1) is 10.1. The number of allylic oxidation sites excluding steroid dienone is 1. The van der Waals surface area contributed by atoms with Gasteiger partial charge >= 0.3 is 5.97 Å². The fourth-order valence-electron chi connectivity index (χ4n) is 1.98. The summed E-state index contributed by atoms with van der Waals surface area (Å²) in [5.74, 6) is -0.345. The van der Waals surface area contributed by atoms with Crippen LogP contribution in [-0.4, -0.2) is 11.1 Å². The summed E-state index contributed by atoms with van der Waals surface area (Å²) in [7, 11) is 0. The number of halogens is 1. The van der Waals surface area contributed by atoms with Gasteiger partial charge in [-0.3, -0.25) is 0 Å². The second-order valence-corrected chi connectivity index (χ2v) is 4.73. The number of benzene rings is 1. The lowest BCUT2D eigenvalue weighted by atomic mass is 10.1. The highest BCUT2D eigenvalue weighted by molar-refractivity contribution is 6.30. The molecule has 0 radical (unpaired) electrons. The van der Waals surface area contributed by atoms with Crippen LogP contribution in [0.3, 0.4) is 0 Å². The monoisotopic (exact) mass is 301 g/mol. The number of aliphatic carboxylic acids is 1. The Kier molecular flexibility index (Phi) is 4.46. The third-order valence-corrected chi connectivity index (χ3v) is 3.22. The predicted octanol–water partition coefficient (Wildman–Crippen LogP) is 4.37. The number of nitrogens with zero attached hydrogens (tertiary/aromatic N) is 1. The van der Waals surface area contributed by atoms with Crippen LogP contribution in [-0.2, 0) is 4.79 Å². The van der Waals surface area contributed by atoms with Gasteiger partial charge in [0.15, 0.2) is 0 Å². The minimum Gasteiger partial charge on any atom is -0.478 e. The maximum atomic E-state index is 11.2. The molecule has 0 aliphatic heterocycles. The first-order valence-electron chi connectivity index (χ1n) is 6.29. The van der Waals surface area contributed by atoms with Crippen molar-refractivity contribution in [1.29, 1.82) is 5.26 Å². The molecule has 0 saturated carbocycles. The maximum Gasteiger partial charge on any atom is 0.333 e. The Balaban J connectivity index is 2.49. The van der Waals surface area contributed by atoms with Gasteiger partial charge in [-0.05, 0) is 30.7 Å². The molecule has 0 spiro atoms. The van der Waals surface area contributed by atoms with Crippen molar-refractivity contribution in [2.24, 2.45) is 0 Å². The van der Waals surface area contributed by atoms with E-state index >= 15 is 0 Å². The molecule has 0 fully saturated rings. The molecule has 1 aromatic heterocycles. The standard InChI is InChI=1S/C16H12ClNO3/c1-2-12(16(19)20)13(9-18)15-7-6-14(21-15)10-4-3-5-11(17)8-10/h3-8H,2H2,1H3,(H,19,20). The smallest absolute Gasteiger partial charge is 0.333 e. The van der Waals surface area contributed by atoms with Crippen LogP contribution in [0.15, 0.2) is 46.4 Å². The SMILES string of the molecule is CCC(C(=O)O)=C(C#N)c1ccc(-c2cccc(Cl)c2)o1. The molecule has 21 heavy (non-hydrogen) atoms. The minimum atomic E-state index is -1.12. The molecular weight excluding hydrogens is 290 g/mol. The lowest BCUT2D eigenvalue weighted by Crippen LogP contribution is -2.02. The van der Waals surface area contributed by atoms with E-state index in [1.165, 1.54) is 0 Å². The Labute approximate surface area is 126 Å². The molecule has 2 rings (SSSR count). The summed E-state index contributed by atoms with van der Waals surface area (Å²) in [4.78, 5) is 11.2. The quantitative estimate of drug-likeness (QED) is 0.672. The van der Waals surface area contributed by atoms with Crippen molar-refractivity contribution in [2.75, 3.05) is 0 Å². The van der Waals surface area contributed by atoms with Crippen LogP contribution in [0, 0.1) is 11.3 Å². The van der Waals surface area contributed by atoms with E-state index in [1.54, 1.807) is 37.3 Å². The van der Waals surface area contributed by atoms with E-state index in [-0.39, 0.29) is 23.3 Å². The molecule has 0 unspecified atom stereocenters. The van der Waals surface area contributed by atoms with Gasteiger partial charge in [-0.25, -0.2) is 4.79 Å². The molecule has 0 bridgehead atoms. The molecule has 0 amide bonds. The lowest BCUT2D eigenvalue weighted by Gasteiger charge is -2.01. The van der Waals surface area contributed by atoms with Gasteiger partial charge in [0.2, 0.25) is 0 Å². The van der Waals surface area contributed by atoms with Crippen molar-refractivity contribution >= 4 is 23.1 Å². The molecule has 0 aliphatic rings. The molecule has 1 heterocycles. The zero-order valence-electron chi connectivity index (χ0n) is 11.3. The van der Waals surface area contributed by atoms with Crippen LogP contribution >= 0.6 is 11.6 Å². The first-order valence-corrected chi connectivity index (χ1v) is 6.67. The molecular formula is C16H12ClNO3. The van der Waals surface area contributed by atoms with E-state index in [2.05, 4.69) is 0 Å². The summed E-state index contributed by atoms with van der Waals surface area (Å²) in [6.07, 6.45) is 0.241. The van der Waals surface area contributed by atoms with Crippen molar-refractivity contribution in [3.63, 3.8) is 0 Å². The van der Waals surface area contributed by atoms with Gasteiger partial charge < -0.3 is 9.52 Å². The van der Waals surface area contributed by atoms with Crippen LogP contribution in [0.5, 0.6) is 0 Å². The summed E-state index contributed by atoms with van der Waals surface area (Å²) >= 11 is 5.92. The fraction of sp³-hybridized carbons (Fsp3) is 0.125. The second-order valence-electron chi connectivity index (χ2n) is 4.30. The third-order valence-electron chi connectivity index (χ3n) is 2.99. The summed E-state index contributed by atoms with van der Waals surface area (Å²) in [6, 6.07) is 12.3. The van der Waals surface area contributed by atoms with Gasteiger partial charge in [-0.1, -0.05) is 30.7 Å². The van der Waals surface area contributed by atoms with Gasteiger partial charge in [0.1, 0.15) is 23.2 Å². The second kappa shape index (κ2) is 6.29. The molecule has 5 heteroatoms. The number of hydrogen-bond donors (Lipinski definition) is 1. The molecule has 4 nitrogen and oxygen atoms in total. The van der Waals surface area contributed by atoms with E-state index in [0.29, 0.717) is 10.8 Å². The minimum absolute atomic E-state index is 0.0319. The molecule has 106 valence electrons. The molecule has 0 saturated heterocycles. The highest BCUT2D eigenvalue weighted by atomic mass is 35.5. The van der Waals surface area contributed by atoms with Gasteiger partial charge in [-0.15, -0.1) is 0 Å². The number of nitriles is 1. The molecule has 0 atom stereocenters.